The first kappa shape index (κ1) is 12.9. The number of hydrogen-bond donors (Lipinski definition) is 2. The third-order valence-electron chi connectivity index (χ3n) is 4.34. The van der Waals surface area contributed by atoms with Gasteiger partial charge in [0.2, 0.25) is 5.91 Å². The highest BCUT2D eigenvalue weighted by molar-refractivity contribution is 6.30. The van der Waals surface area contributed by atoms with E-state index < -0.39 is 0 Å². The number of halogens is 1. The highest BCUT2D eigenvalue weighted by Gasteiger charge is 2.41. The van der Waals surface area contributed by atoms with Crippen LogP contribution < -0.4 is 10.6 Å². The molecule has 102 valence electrons. The van der Waals surface area contributed by atoms with E-state index in [2.05, 4.69) is 10.6 Å². The van der Waals surface area contributed by atoms with Crippen molar-refractivity contribution in [3.63, 3.8) is 0 Å². The Balaban J connectivity index is 1.75. The van der Waals surface area contributed by atoms with Crippen LogP contribution >= 0.6 is 11.6 Å². The average molecular weight is 279 g/mol. The number of rotatable bonds is 3. The molecule has 1 aromatic carbocycles. The Morgan fingerprint density at radius 3 is 2.53 bits per heavy atom. The van der Waals surface area contributed by atoms with Crippen molar-refractivity contribution in [3.8, 4) is 0 Å². The lowest BCUT2D eigenvalue weighted by molar-refractivity contribution is -0.126. The molecule has 1 atom stereocenters. The Morgan fingerprint density at radius 1 is 1.26 bits per heavy atom. The number of nitrogens with one attached hydrogen (secondary N) is 2. The summed E-state index contributed by atoms with van der Waals surface area (Å²) < 4.78 is 0. The summed E-state index contributed by atoms with van der Waals surface area (Å²) in [6, 6.07) is 7.85. The molecule has 1 amide bonds. The van der Waals surface area contributed by atoms with E-state index in [9.17, 15) is 4.79 Å². The smallest absolute Gasteiger partial charge is 0.237 e. The van der Waals surface area contributed by atoms with Crippen LogP contribution in [0.25, 0.3) is 0 Å². The van der Waals surface area contributed by atoms with E-state index in [-0.39, 0.29) is 17.5 Å². The molecule has 2 aliphatic rings. The molecule has 3 nitrogen and oxygen atoms in total. The molecule has 1 heterocycles. The number of benzene rings is 1. The van der Waals surface area contributed by atoms with E-state index >= 15 is 0 Å². The first-order chi connectivity index (χ1) is 9.20. The van der Waals surface area contributed by atoms with Gasteiger partial charge in [0.15, 0.2) is 0 Å². The maximum Gasteiger partial charge on any atom is 0.237 e. The molecule has 1 saturated carbocycles. The van der Waals surface area contributed by atoms with Crippen LogP contribution in [0.3, 0.4) is 0 Å². The number of carbonyl (C=O) groups excluding carboxylic acids is 1. The molecule has 2 fully saturated rings. The Morgan fingerprint density at radius 2 is 2.00 bits per heavy atom. The van der Waals surface area contributed by atoms with E-state index in [1.807, 2.05) is 24.3 Å². The Kier molecular flexibility index (Phi) is 3.50. The van der Waals surface area contributed by atoms with Crippen LogP contribution in [0.5, 0.6) is 0 Å². The third kappa shape index (κ3) is 2.49. The van der Waals surface area contributed by atoms with Gasteiger partial charge in [-0.2, -0.15) is 0 Å². The first-order valence-electron chi connectivity index (χ1n) is 7.01. The first-order valence-corrected chi connectivity index (χ1v) is 7.39. The van der Waals surface area contributed by atoms with Crippen molar-refractivity contribution in [3.05, 3.63) is 34.9 Å². The van der Waals surface area contributed by atoms with Crippen molar-refractivity contribution in [1.29, 1.82) is 0 Å². The molecule has 2 N–H and O–H groups in total. The van der Waals surface area contributed by atoms with Crippen LogP contribution in [0.4, 0.5) is 0 Å². The van der Waals surface area contributed by atoms with E-state index in [0.29, 0.717) is 0 Å². The van der Waals surface area contributed by atoms with Crippen LogP contribution in [0, 0.1) is 0 Å². The van der Waals surface area contributed by atoms with Gasteiger partial charge in [-0.1, -0.05) is 23.7 Å². The fraction of sp³-hybridized carbons (Fsp3) is 0.533. The van der Waals surface area contributed by atoms with Gasteiger partial charge in [0.25, 0.3) is 0 Å². The van der Waals surface area contributed by atoms with Crippen LogP contribution in [0.1, 0.15) is 37.7 Å². The monoisotopic (exact) mass is 278 g/mol. The van der Waals surface area contributed by atoms with Crippen LogP contribution in [-0.2, 0) is 10.3 Å². The zero-order valence-corrected chi connectivity index (χ0v) is 11.7. The number of carbonyl (C=O) groups is 1. The highest BCUT2D eigenvalue weighted by atomic mass is 35.5. The van der Waals surface area contributed by atoms with Gasteiger partial charge in [0.1, 0.15) is 0 Å². The summed E-state index contributed by atoms with van der Waals surface area (Å²) in [5.41, 5.74) is 1.01. The second-order valence-corrected chi connectivity index (χ2v) is 6.02. The summed E-state index contributed by atoms with van der Waals surface area (Å²) in [6.07, 6.45) is 5.25. The van der Waals surface area contributed by atoms with E-state index in [1.54, 1.807) is 0 Å². The second-order valence-electron chi connectivity index (χ2n) is 5.58. The van der Waals surface area contributed by atoms with Crippen LogP contribution in [0.2, 0.25) is 5.02 Å². The quantitative estimate of drug-likeness (QED) is 0.892. The molecule has 0 bridgehead atoms. The van der Waals surface area contributed by atoms with Crippen molar-refractivity contribution < 1.29 is 4.79 Å². The molecule has 1 saturated heterocycles. The molecular formula is C15H19ClN2O. The SMILES string of the molecule is O=C(NC1(c2ccc(Cl)cc2)CCC1)C1CCCN1. The van der Waals surface area contributed by atoms with Gasteiger partial charge in [0.05, 0.1) is 11.6 Å². The molecule has 0 spiro atoms. The average Bonchev–Trinajstić information content (AvgIpc) is 2.89. The minimum atomic E-state index is -0.161. The minimum absolute atomic E-state index is 0.00947. The summed E-state index contributed by atoms with van der Waals surface area (Å²) in [6.45, 7) is 0.950. The molecule has 3 rings (SSSR count). The predicted molar refractivity (Wildman–Crippen MR) is 76.1 cm³/mol. The normalized spacial score (nSPS) is 24.8. The molecule has 19 heavy (non-hydrogen) atoms. The molecule has 1 aromatic rings. The molecular weight excluding hydrogens is 260 g/mol. The van der Waals surface area contributed by atoms with Gasteiger partial charge in [-0.3, -0.25) is 4.79 Å². The zero-order valence-electron chi connectivity index (χ0n) is 10.9. The summed E-state index contributed by atoms with van der Waals surface area (Å²) in [5.74, 6) is 0.146. The molecule has 1 aliphatic carbocycles. The van der Waals surface area contributed by atoms with Crippen molar-refractivity contribution in [1.82, 2.24) is 10.6 Å². The van der Waals surface area contributed by atoms with Gasteiger partial charge < -0.3 is 10.6 Å². The molecule has 1 unspecified atom stereocenters. The number of hydrogen-bond acceptors (Lipinski definition) is 2. The van der Waals surface area contributed by atoms with Gasteiger partial charge >= 0.3 is 0 Å². The minimum Gasteiger partial charge on any atom is -0.345 e. The highest BCUT2D eigenvalue weighted by Crippen LogP contribution is 2.41. The number of amides is 1. The molecule has 0 aromatic heterocycles. The van der Waals surface area contributed by atoms with Crippen LogP contribution in [0.15, 0.2) is 24.3 Å². The lowest BCUT2D eigenvalue weighted by atomic mass is 9.71. The van der Waals surface area contributed by atoms with E-state index in [1.165, 1.54) is 12.0 Å². The fourth-order valence-corrected chi connectivity index (χ4v) is 3.14. The standard InChI is InChI=1S/C15H19ClN2O/c16-12-6-4-11(5-7-12)15(8-2-9-15)18-14(19)13-3-1-10-17-13/h4-7,13,17H,1-3,8-10H2,(H,18,19). The van der Waals surface area contributed by atoms with E-state index in [0.717, 1.165) is 37.3 Å². The van der Waals surface area contributed by atoms with Crippen molar-refractivity contribution in [2.24, 2.45) is 0 Å². The van der Waals surface area contributed by atoms with Crippen molar-refractivity contribution in [2.45, 2.75) is 43.7 Å². The summed E-state index contributed by atoms with van der Waals surface area (Å²) >= 11 is 5.93. The van der Waals surface area contributed by atoms with Crippen molar-refractivity contribution >= 4 is 17.5 Å². The maximum atomic E-state index is 12.3. The molecule has 0 radical (unpaired) electrons. The summed E-state index contributed by atoms with van der Waals surface area (Å²) in [5, 5.41) is 7.26. The van der Waals surface area contributed by atoms with Crippen LogP contribution in [-0.4, -0.2) is 18.5 Å². The summed E-state index contributed by atoms with van der Waals surface area (Å²) in [4.78, 5) is 12.3. The lowest BCUT2D eigenvalue weighted by Gasteiger charge is -2.43. The van der Waals surface area contributed by atoms with Gasteiger partial charge in [-0.15, -0.1) is 0 Å². The van der Waals surface area contributed by atoms with E-state index in [4.69, 9.17) is 11.6 Å². The molecule has 4 heteroatoms. The Bertz CT molecular complexity index is 462. The zero-order chi connectivity index (χ0) is 13.3. The molecule has 1 aliphatic heterocycles. The lowest BCUT2D eigenvalue weighted by Crippen LogP contribution is -2.55. The Hall–Kier alpha value is -1.06. The summed E-state index contributed by atoms with van der Waals surface area (Å²) in [7, 11) is 0. The fourth-order valence-electron chi connectivity index (χ4n) is 3.02. The largest absolute Gasteiger partial charge is 0.345 e. The second kappa shape index (κ2) is 5.14. The van der Waals surface area contributed by atoms with Gasteiger partial charge in [-0.25, -0.2) is 0 Å². The maximum absolute atomic E-state index is 12.3. The third-order valence-corrected chi connectivity index (χ3v) is 4.60. The Labute approximate surface area is 118 Å². The van der Waals surface area contributed by atoms with Gasteiger partial charge in [-0.05, 0) is 56.3 Å². The van der Waals surface area contributed by atoms with Gasteiger partial charge in [0, 0.05) is 5.02 Å². The van der Waals surface area contributed by atoms with Crippen molar-refractivity contribution in [2.75, 3.05) is 6.54 Å². The topological polar surface area (TPSA) is 41.1 Å². The predicted octanol–water partition coefficient (Wildman–Crippen LogP) is 2.59.